The van der Waals surface area contributed by atoms with Crippen LogP contribution >= 0.6 is 0 Å². The molecule has 0 aliphatic carbocycles. The van der Waals surface area contributed by atoms with Crippen molar-refractivity contribution in [3.8, 4) is 0 Å². The Labute approximate surface area is 133 Å². The predicted molar refractivity (Wildman–Crippen MR) is 86.9 cm³/mol. The number of hydrogen-bond acceptors (Lipinski definition) is 4. The predicted octanol–water partition coefficient (Wildman–Crippen LogP) is 0.473. The maximum atomic E-state index is 12.2. The Kier molecular flexibility index (Phi) is 6.40. The zero-order chi connectivity index (χ0) is 16.0. The van der Waals surface area contributed by atoms with Gasteiger partial charge in [0, 0.05) is 19.6 Å². The number of nitrogens with zero attached hydrogens (tertiary/aromatic N) is 1. The highest BCUT2D eigenvalue weighted by molar-refractivity contribution is 7.89. The first-order valence-corrected chi connectivity index (χ1v) is 9.73. The summed E-state index contributed by atoms with van der Waals surface area (Å²) in [5.41, 5.74) is 0. The van der Waals surface area contributed by atoms with Crippen LogP contribution in [0.2, 0.25) is 0 Å². The molecule has 0 radical (unpaired) electrons. The molecule has 2 unspecified atom stereocenters. The zero-order valence-electron chi connectivity index (χ0n) is 13.1. The largest absolute Gasteiger partial charge is 0.354 e. The summed E-state index contributed by atoms with van der Waals surface area (Å²) < 4.78 is 26.0. The van der Waals surface area contributed by atoms with Crippen molar-refractivity contribution in [3.63, 3.8) is 0 Å². The molecule has 0 aromatic rings. The van der Waals surface area contributed by atoms with Gasteiger partial charge in [-0.3, -0.25) is 4.79 Å². The molecule has 22 heavy (non-hydrogen) atoms. The number of amides is 1. The van der Waals surface area contributed by atoms with E-state index in [-0.39, 0.29) is 23.6 Å². The van der Waals surface area contributed by atoms with Gasteiger partial charge in [0.25, 0.3) is 0 Å². The standard InChI is InChI=1S/C15H27N3O3S/c1-2-3-10-22(20,21)18-9-5-6-13(12-18)11-17-15(19)14-7-4-8-16-14/h2,13-14,16H,1,3-12H2,(H,17,19). The third kappa shape index (κ3) is 4.79. The Bertz CT molecular complexity index is 486. The number of piperidine rings is 1. The van der Waals surface area contributed by atoms with Crippen LogP contribution in [0.3, 0.4) is 0 Å². The molecule has 0 aromatic carbocycles. The molecule has 2 aliphatic rings. The topological polar surface area (TPSA) is 78.5 Å². The number of rotatable bonds is 7. The van der Waals surface area contributed by atoms with Crippen molar-refractivity contribution in [1.29, 1.82) is 0 Å². The first kappa shape index (κ1) is 17.4. The van der Waals surface area contributed by atoms with E-state index in [1.165, 1.54) is 0 Å². The van der Waals surface area contributed by atoms with Gasteiger partial charge in [-0.2, -0.15) is 0 Å². The molecule has 2 fully saturated rings. The van der Waals surface area contributed by atoms with Crippen LogP contribution < -0.4 is 10.6 Å². The van der Waals surface area contributed by atoms with Crippen molar-refractivity contribution >= 4 is 15.9 Å². The van der Waals surface area contributed by atoms with Gasteiger partial charge >= 0.3 is 0 Å². The average Bonchev–Trinajstić information content (AvgIpc) is 3.05. The van der Waals surface area contributed by atoms with Gasteiger partial charge < -0.3 is 10.6 Å². The molecular formula is C15H27N3O3S. The van der Waals surface area contributed by atoms with Crippen LogP contribution in [0.4, 0.5) is 0 Å². The fourth-order valence-corrected chi connectivity index (χ4v) is 4.65. The van der Waals surface area contributed by atoms with E-state index in [0.717, 1.165) is 32.2 Å². The average molecular weight is 329 g/mol. The van der Waals surface area contributed by atoms with Gasteiger partial charge in [0.15, 0.2) is 0 Å². The van der Waals surface area contributed by atoms with E-state index < -0.39 is 10.0 Å². The first-order chi connectivity index (χ1) is 10.5. The molecule has 2 atom stereocenters. The van der Waals surface area contributed by atoms with E-state index in [1.807, 2.05) is 0 Å². The summed E-state index contributed by atoms with van der Waals surface area (Å²) in [4.78, 5) is 12.0. The fraction of sp³-hybridized carbons (Fsp3) is 0.800. The molecule has 2 aliphatic heterocycles. The van der Waals surface area contributed by atoms with Crippen molar-refractivity contribution < 1.29 is 13.2 Å². The molecule has 0 saturated carbocycles. The molecule has 6 nitrogen and oxygen atoms in total. The molecule has 0 aromatic heterocycles. The van der Waals surface area contributed by atoms with Crippen molar-refractivity contribution in [2.24, 2.45) is 5.92 Å². The van der Waals surface area contributed by atoms with Crippen LogP contribution in [-0.2, 0) is 14.8 Å². The van der Waals surface area contributed by atoms with Crippen LogP contribution in [0.5, 0.6) is 0 Å². The summed E-state index contributed by atoms with van der Waals surface area (Å²) in [6, 6.07) is -0.0731. The molecule has 126 valence electrons. The Balaban J connectivity index is 1.80. The molecule has 2 heterocycles. The van der Waals surface area contributed by atoms with E-state index in [9.17, 15) is 13.2 Å². The van der Waals surface area contributed by atoms with Gasteiger partial charge in [-0.25, -0.2) is 12.7 Å². The van der Waals surface area contributed by atoms with Gasteiger partial charge in [-0.1, -0.05) is 6.08 Å². The lowest BCUT2D eigenvalue weighted by molar-refractivity contribution is -0.123. The van der Waals surface area contributed by atoms with Gasteiger partial charge in [0.2, 0.25) is 15.9 Å². The minimum atomic E-state index is -3.20. The van der Waals surface area contributed by atoms with Crippen molar-refractivity contribution in [2.45, 2.75) is 38.1 Å². The second kappa shape index (κ2) is 8.08. The maximum absolute atomic E-state index is 12.2. The highest BCUT2D eigenvalue weighted by Crippen LogP contribution is 2.19. The Morgan fingerprint density at radius 2 is 2.18 bits per heavy atom. The highest BCUT2D eigenvalue weighted by atomic mass is 32.2. The maximum Gasteiger partial charge on any atom is 0.237 e. The molecule has 2 saturated heterocycles. The summed E-state index contributed by atoms with van der Waals surface area (Å²) in [6.07, 6.45) is 5.86. The zero-order valence-corrected chi connectivity index (χ0v) is 13.9. The second-order valence-electron chi connectivity index (χ2n) is 6.15. The molecular weight excluding hydrogens is 302 g/mol. The van der Waals surface area contributed by atoms with Gasteiger partial charge in [-0.05, 0) is 44.6 Å². The second-order valence-corrected chi connectivity index (χ2v) is 8.24. The molecule has 0 bridgehead atoms. The number of allylic oxidation sites excluding steroid dienone is 1. The monoisotopic (exact) mass is 329 g/mol. The molecule has 0 spiro atoms. The fourth-order valence-electron chi connectivity index (χ4n) is 3.08. The molecule has 2 N–H and O–H groups in total. The lowest BCUT2D eigenvalue weighted by atomic mass is 9.99. The minimum Gasteiger partial charge on any atom is -0.354 e. The summed E-state index contributed by atoms with van der Waals surface area (Å²) in [7, 11) is -3.20. The van der Waals surface area contributed by atoms with E-state index in [2.05, 4.69) is 17.2 Å². The molecule has 7 heteroatoms. The lowest BCUT2D eigenvalue weighted by Gasteiger charge is -2.32. The number of sulfonamides is 1. The Hall–Kier alpha value is -0.920. The van der Waals surface area contributed by atoms with Gasteiger partial charge in [-0.15, -0.1) is 6.58 Å². The van der Waals surface area contributed by atoms with Gasteiger partial charge in [0.1, 0.15) is 0 Å². The van der Waals surface area contributed by atoms with Crippen molar-refractivity contribution in [1.82, 2.24) is 14.9 Å². The SMILES string of the molecule is C=CCCS(=O)(=O)N1CCCC(CNC(=O)C2CCCN2)C1. The molecule has 2 rings (SSSR count). The summed E-state index contributed by atoms with van der Waals surface area (Å²) in [5.74, 6) is 0.378. The summed E-state index contributed by atoms with van der Waals surface area (Å²) in [6.45, 7) is 6.14. The normalized spacial score (nSPS) is 26.7. The van der Waals surface area contributed by atoms with Gasteiger partial charge in [0.05, 0.1) is 11.8 Å². The van der Waals surface area contributed by atoms with E-state index in [0.29, 0.717) is 26.1 Å². The van der Waals surface area contributed by atoms with E-state index in [1.54, 1.807) is 10.4 Å². The van der Waals surface area contributed by atoms with Crippen LogP contribution in [0.1, 0.15) is 32.1 Å². The van der Waals surface area contributed by atoms with E-state index >= 15 is 0 Å². The third-order valence-corrected chi connectivity index (χ3v) is 6.27. The first-order valence-electron chi connectivity index (χ1n) is 8.13. The third-order valence-electron chi connectivity index (χ3n) is 4.40. The van der Waals surface area contributed by atoms with Crippen molar-refractivity contribution in [2.75, 3.05) is 31.9 Å². The lowest BCUT2D eigenvalue weighted by Crippen LogP contribution is -2.47. The summed E-state index contributed by atoms with van der Waals surface area (Å²) >= 11 is 0. The van der Waals surface area contributed by atoms with Crippen LogP contribution in [0, 0.1) is 5.92 Å². The van der Waals surface area contributed by atoms with Crippen molar-refractivity contribution in [3.05, 3.63) is 12.7 Å². The minimum absolute atomic E-state index is 0.0455. The van der Waals surface area contributed by atoms with Crippen LogP contribution in [0.15, 0.2) is 12.7 Å². The van der Waals surface area contributed by atoms with E-state index in [4.69, 9.17) is 0 Å². The number of nitrogens with one attached hydrogen (secondary N) is 2. The highest BCUT2D eigenvalue weighted by Gasteiger charge is 2.29. The molecule has 1 amide bonds. The quantitative estimate of drug-likeness (QED) is 0.666. The number of hydrogen-bond donors (Lipinski definition) is 2. The Morgan fingerprint density at radius 1 is 1.36 bits per heavy atom. The van der Waals surface area contributed by atoms with Crippen LogP contribution in [0.25, 0.3) is 0 Å². The van der Waals surface area contributed by atoms with Crippen LogP contribution in [-0.4, -0.2) is 56.6 Å². The number of carbonyl (C=O) groups excluding carboxylic acids is 1. The Morgan fingerprint density at radius 3 is 2.86 bits per heavy atom. The smallest absolute Gasteiger partial charge is 0.237 e. The number of carbonyl (C=O) groups is 1. The summed E-state index contributed by atoms with van der Waals surface area (Å²) in [5, 5.41) is 6.14.